The van der Waals surface area contributed by atoms with E-state index in [1.54, 1.807) is 6.08 Å². The van der Waals surface area contributed by atoms with Crippen molar-refractivity contribution in [1.82, 2.24) is 10.2 Å². The van der Waals surface area contributed by atoms with Crippen LogP contribution in [0.5, 0.6) is 0 Å². The predicted octanol–water partition coefficient (Wildman–Crippen LogP) is 2.38. The van der Waals surface area contributed by atoms with Gasteiger partial charge in [0.05, 0.1) is 0 Å². The Hall–Kier alpha value is -1.52. The first-order valence-electron chi connectivity index (χ1n) is 7.01. The summed E-state index contributed by atoms with van der Waals surface area (Å²) in [6, 6.07) is -0.123. The third-order valence-corrected chi connectivity index (χ3v) is 3.40. The number of hydrogen-bond donors (Lipinski definition) is 2. The van der Waals surface area contributed by atoms with E-state index >= 15 is 0 Å². The Morgan fingerprint density at radius 1 is 1.21 bits per heavy atom. The minimum absolute atomic E-state index is 0.175. The van der Waals surface area contributed by atoms with E-state index in [2.05, 4.69) is 11.9 Å². The number of rotatable bonds is 5. The van der Waals surface area contributed by atoms with Crippen molar-refractivity contribution in [3.05, 3.63) is 12.7 Å². The molecule has 108 valence electrons. The van der Waals surface area contributed by atoms with Crippen LogP contribution in [0.2, 0.25) is 0 Å². The zero-order valence-corrected chi connectivity index (χ0v) is 11.4. The maximum Gasteiger partial charge on any atom is 0.323 e. The van der Waals surface area contributed by atoms with E-state index in [9.17, 15) is 9.59 Å². The number of carboxylic acids is 1. The highest BCUT2D eigenvalue weighted by Gasteiger charge is 2.19. The quantitative estimate of drug-likeness (QED) is 0.752. The van der Waals surface area contributed by atoms with E-state index in [0.717, 1.165) is 25.7 Å². The van der Waals surface area contributed by atoms with Crippen LogP contribution in [0.25, 0.3) is 0 Å². The van der Waals surface area contributed by atoms with E-state index in [1.807, 2.05) is 0 Å². The van der Waals surface area contributed by atoms with Crippen molar-refractivity contribution in [2.45, 2.75) is 51.0 Å². The van der Waals surface area contributed by atoms with Crippen molar-refractivity contribution < 1.29 is 14.7 Å². The standard InChI is InChI=1S/C14H24N2O3/c1-2-10-16(11-13(17)18)14(19)15-12-8-6-4-3-5-7-9-12/h2,12H,1,3-11H2,(H,15,19)(H,17,18). The minimum atomic E-state index is -1.00. The van der Waals surface area contributed by atoms with Crippen LogP contribution in [0.15, 0.2) is 12.7 Å². The smallest absolute Gasteiger partial charge is 0.323 e. The molecule has 1 aliphatic rings. The molecule has 0 aromatic carbocycles. The number of carbonyl (C=O) groups is 2. The summed E-state index contributed by atoms with van der Waals surface area (Å²) in [4.78, 5) is 24.0. The van der Waals surface area contributed by atoms with E-state index in [0.29, 0.717) is 0 Å². The van der Waals surface area contributed by atoms with Crippen LogP contribution >= 0.6 is 0 Å². The molecule has 0 unspecified atom stereocenters. The number of aliphatic carboxylic acids is 1. The lowest BCUT2D eigenvalue weighted by molar-refractivity contribution is -0.137. The minimum Gasteiger partial charge on any atom is -0.480 e. The van der Waals surface area contributed by atoms with Gasteiger partial charge in [-0.2, -0.15) is 0 Å². The summed E-state index contributed by atoms with van der Waals surface area (Å²) in [7, 11) is 0. The fraction of sp³-hybridized carbons (Fsp3) is 0.714. The van der Waals surface area contributed by atoms with Gasteiger partial charge < -0.3 is 15.3 Å². The molecule has 5 nitrogen and oxygen atoms in total. The molecule has 2 amide bonds. The summed E-state index contributed by atoms with van der Waals surface area (Å²) in [6.07, 6.45) is 9.50. The summed E-state index contributed by atoms with van der Waals surface area (Å²) >= 11 is 0. The number of nitrogens with zero attached hydrogens (tertiary/aromatic N) is 1. The maximum absolute atomic E-state index is 12.0. The highest BCUT2D eigenvalue weighted by molar-refractivity contribution is 5.80. The molecule has 0 heterocycles. The van der Waals surface area contributed by atoms with Gasteiger partial charge >= 0.3 is 12.0 Å². The van der Waals surface area contributed by atoms with Crippen LogP contribution in [0, 0.1) is 0 Å². The normalized spacial score (nSPS) is 17.1. The van der Waals surface area contributed by atoms with Gasteiger partial charge in [-0.1, -0.05) is 38.2 Å². The monoisotopic (exact) mass is 268 g/mol. The zero-order valence-electron chi connectivity index (χ0n) is 11.4. The molecule has 1 fully saturated rings. The first kappa shape index (κ1) is 15.5. The lowest BCUT2D eigenvalue weighted by Gasteiger charge is -2.25. The van der Waals surface area contributed by atoms with Crippen molar-refractivity contribution in [1.29, 1.82) is 0 Å². The summed E-state index contributed by atoms with van der Waals surface area (Å²) < 4.78 is 0. The molecule has 1 rings (SSSR count). The number of carbonyl (C=O) groups excluding carboxylic acids is 1. The van der Waals surface area contributed by atoms with Gasteiger partial charge in [0.2, 0.25) is 0 Å². The fourth-order valence-corrected chi connectivity index (χ4v) is 2.40. The predicted molar refractivity (Wildman–Crippen MR) is 74.0 cm³/mol. The Morgan fingerprint density at radius 2 is 1.79 bits per heavy atom. The third kappa shape index (κ3) is 6.27. The Bertz CT molecular complexity index is 310. The molecule has 0 aromatic heterocycles. The Balaban J connectivity index is 2.48. The lowest BCUT2D eigenvalue weighted by Crippen LogP contribution is -2.46. The van der Waals surface area contributed by atoms with Gasteiger partial charge in [-0.25, -0.2) is 4.79 Å². The molecule has 5 heteroatoms. The molecule has 0 radical (unpaired) electrons. The number of urea groups is 1. The number of nitrogens with one attached hydrogen (secondary N) is 1. The second-order valence-corrected chi connectivity index (χ2v) is 5.05. The lowest BCUT2D eigenvalue weighted by atomic mass is 9.97. The average molecular weight is 268 g/mol. The zero-order chi connectivity index (χ0) is 14.1. The van der Waals surface area contributed by atoms with E-state index in [-0.39, 0.29) is 25.2 Å². The van der Waals surface area contributed by atoms with Gasteiger partial charge in [0.15, 0.2) is 0 Å². The van der Waals surface area contributed by atoms with Crippen LogP contribution in [-0.2, 0) is 4.79 Å². The molecular weight excluding hydrogens is 244 g/mol. The Kier molecular flexibility index (Phi) is 7.00. The van der Waals surface area contributed by atoms with Gasteiger partial charge in [-0.15, -0.1) is 6.58 Å². The van der Waals surface area contributed by atoms with E-state index in [1.165, 1.54) is 24.2 Å². The van der Waals surface area contributed by atoms with E-state index < -0.39 is 5.97 Å². The summed E-state index contributed by atoms with van der Waals surface area (Å²) in [5.74, 6) is -1.00. The van der Waals surface area contributed by atoms with E-state index in [4.69, 9.17) is 5.11 Å². The van der Waals surface area contributed by atoms with Crippen molar-refractivity contribution in [2.75, 3.05) is 13.1 Å². The molecule has 0 bridgehead atoms. The molecule has 1 saturated carbocycles. The van der Waals surface area contributed by atoms with Gasteiger partial charge in [0, 0.05) is 12.6 Å². The van der Waals surface area contributed by atoms with Gasteiger partial charge in [-0.3, -0.25) is 4.79 Å². The molecule has 0 aromatic rings. The molecule has 0 spiro atoms. The number of hydrogen-bond acceptors (Lipinski definition) is 2. The fourth-order valence-electron chi connectivity index (χ4n) is 2.40. The molecule has 19 heavy (non-hydrogen) atoms. The Labute approximate surface area is 114 Å². The highest BCUT2D eigenvalue weighted by atomic mass is 16.4. The van der Waals surface area contributed by atoms with Gasteiger partial charge in [-0.05, 0) is 12.8 Å². The SMILES string of the molecule is C=CCN(CC(=O)O)C(=O)NC1CCCCCCC1. The largest absolute Gasteiger partial charge is 0.480 e. The molecular formula is C14H24N2O3. The second kappa shape index (κ2) is 8.56. The third-order valence-electron chi connectivity index (χ3n) is 3.40. The topological polar surface area (TPSA) is 69.6 Å². The molecule has 0 aliphatic heterocycles. The Morgan fingerprint density at radius 3 is 2.32 bits per heavy atom. The molecule has 1 aliphatic carbocycles. The first-order valence-corrected chi connectivity index (χ1v) is 7.01. The summed E-state index contributed by atoms with van der Waals surface area (Å²) in [5, 5.41) is 11.7. The average Bonchev–Trinajstić information content (AvgIpc) is 2.31. The number of carboxylic acid groups (broad SMARTS) is 1. The van der Waals surface area contributed by atoms with Crippen molar-refractivity contribution >= 4 is 12.0 Å². The second-order valence-electron chi connectivity index (χ2n) is 5.05. The van der Waals surface area contributed by atoms with Crippen LogP contribution < -0.4 is 5.32 Å². The highest BCUT2D eigenvalue weighted by Crippen LogP contribution is 2.17. The van der Waals surface area contributed by atoms with Crippen molar-refractivity contribution in [2.24, 2.45) is 0 Å². The van der Waals surface area contributed by atoms with Crippen LogP contribution in [0.1, 0.15) is 44.9 Å². The molecule has 0 atom stereocenters. The van der Waals surface area contributed by atoms with Crippen LogP contribution in [0.3, 0.4) is 0 Å². The van der Waals surface area contributed by atoms with Crippen LogP contribution in [0.4, 0.5) is 4.79 Å². The van der Waals surface area contributed by atoms with Gasteiger partial charge in [0.1, 0.15) is 6.54 Å². The molecule has 0 saturated heterocycles. The summed E-state index contributed by atoms with van der Waals surface area (Å²) in [6.45, 7) is 3.52. The van der Waals surface area contributed by atoms with Crippen LogP contribution in [-0.4, -0.2) is 41.1 Å². The molecule has 2 N–H and O–H groups in total. The maximum atomic E-state index is 12.0. The van der Waals surface area contributed by atoms with Crippen molar-refractivity contribution in [3.63, 3.8) is 0 Å². The first-order chi connectivity index (χ1) is 9.13. The van der Waals surface area contributed by atoms with Gasteiger partial charge in [0.25, 0.3) is 0 Å². The van der Waals surface area contributed by atoms with Crippen molar-refractivity contribution in [3.8, 4) is 0 Å². The number of amides is 2. The summed E-state index contributed by atoms with van der Waals surface area (Å²) in [5.41, 5.74) is 0.